The first kappa shape index (κ1) is 15.3. The van der Waals surface area contributed by atoms with Crippen LogP contribution in [0.5, 0.6) is 0 Å². The van der Waals surface area contributed by atoms with Gasteiger partial charge in [0.1, 0.15) is 0 Å². The molecule has 128 valence electrons. The Bertz CT molecular complexity index is 1080. The predicted molar refractivity (Wildman–Crippen MR) is 102 cm³/mol. The van der Waals surface area contributed by atoms with Crippen molar-refractivity contribution in [3.05, 3.63) is 65.0 Å². The molecule has 1 aliphatic carbocycles. The highest BCUT2D eigenvalue weighted by Crippen LogP contribution is 2.48. The molecule has 0 bridgehead atoms. The Morgan fingerprint density at radius 3 is 2.77 bits per heavy atom. The van der Waals surface area contributed by atoms with E-state index in [1.165, 1.54) is 0 Å². The zero-order valence-electron chi connectivity index (χ0n) is 14.0. The van der Waals surface area contributed by atoms with Crippen molar-refractivity contribution in [2.45, 2.75) is 18.3 Å². The molecule has 5 rings (SSSR count). The second-order valence-corrected chi connectivity index (χ2v) is 7.38. The van der Waals surface area contributed by atoms with Gasteiger partial charge in [-0.1, -0.05) is 30.3 Å². The normalized spacial score (nSPS) is 15.1. The lowest BCUT2D eigenvalue weighted by atomic mass is 9.95. The molecule has 1 fully saturated rings. The van der Waals surface area contributed by atoms with Crippen LogP contribution in [0.4, 0.5) is 5.69 Å². The minimum absolute atomic E-state index is 0.0679. The van der Waals surface area contributed by atoms with Crippen LogP contribution in [0.15, 0.2) is 59.4 Å². The monoisotopic (exact) mass is 361 g/mol. The van der Waals surface area contributed by atoms with Gasteiger partial charge in [-0.05, 0) is 30.5 Å². The number of amides is 1. The Kier molecular flexibility index (Phi) is 3.39. The molecule has 5 nitrogen and oxygen atoms in total. The molecule has 2 aromatic carbocycles. The maximum absolute atomic E-state index is 12.9. The van der Waals surface area contributed by atoms with Crippen molar-refractivity contribution >= 4 is 34.0 Å². The lowest BCUT2D eigenvalue weighted by molar-refractivity contribution is -0.330. The Hall–Kier alpha value is -2.99. The molecular weight excluding hydrogens is 344 g/mol. The van der Waals surface area contributed by atoms with E-state index in [1.54, 1.807) is 16.8 Å². The number of anilines is 1. The van der Waals surface area contributed by atoms with Gasteiger partial charge in [-0.15, -0.1) is 11.3 Å². The molecule has 2 aromatic heterocycles. The molecule has 3 N–H and O–H groups in total. The largest absolute Gasteiger partial charge is 0.325 e. The number of thiazole rings is 1. The Morgan fingerprint density at radius 1 is 1.19 bits per heavy atom. The molecule has 2 heterocycles. The van der Waals surface area contributed by atoms with Crippen LogP contribution in [0.3, 0.4) is 0 Å². The molecule has 6 heteroatoms. The molecule has 1 amide bonds. The smallest absolute Gasteiger partial charge is 0.305 e. The summed E-state index contributed by atoms with van der Waals surface area (Å²) in [7, 11) is 0. The standard InChI is InChI=1S/C20H16N4OS/c25-19(20(8-9-20)13-4-2-1-3-5-13)22-14-6-7-15-16(10-14)24-18(23-15)17-11-26-12-21-17/h1-7,10-12H,8-9H2,(H,22,25)(H,23,24)/p+1. The van der Waals surface area contributed by atoms with Crippen molar-refractivity contribution in [1.82, 2.24) is 9.97 Å². The van der Waals surface area contributed by atoms with Gasteiger partial charge in [-0.3, -0.25) is 4.79 Å². The molecule has 26 heavy (non-hydrogen) atoms. The number of carbonyl (C=O) groups is 1. The van der Waals surface area contributed by atoms with Crippen LogP contribution in [0.1, 0.15) is 18.4 Å². The van der Waals surface area contributed by atoms with Gasteiger partial charge in [0.15, 0.2) is 16.7 Å². The molecule has 0 saturated heterocycles. The Balaban J connectivity index is 1.42. The van der Waals surface area contributed by atoms with E-state index in [-0.39, 0.29) is 11.3 Å². The third-order valence-corrected chi connectivity index (χ3v) is 5.58. The highest BCUT2D eigenvalue weighted by Gasteiger charge is 2.51. The van der Waals surface area contributed by atoms with E-state index >= 15 is 0 Å². The van der Waals surface area contributed by atoms with Gasteiger partial charge in [0.2, 0.25) is 5.91 Å². The fourth-order valence-corrected chi connectivity index (χ4v) is 3.92. The van der Waals surface area contributed by atoms with Gasteiger partial charge in [-0.2, -0.15) is 0 Å². The van der Waals surface area contributed by atoms with Crippen LogP contribution in [0.2, 0.25) is 0 Å². The van der Waals surface area contributed by atoms with Crippen molar-refractivity contribution in [2.24, 2.45) is 0 Å². The van der Waals surface area contributed by atoms with Gasteiger partial charge in [0.25, 0.3) is 0 Å². The van der Waals surface area contributed by atoms with Crippen molar-refractivity contribution < 1.29 is 9.78 Å². The second kappa shape index (κ2) is 5.78. The van der Waals surface area contributed by atoms with E-state index in [1.807, 2.05) is 53.9 Å². The lowest BCUT2D eigenvalue weighted by Crippen LogP contribution is -2.27. The summed E-state index contributed by atoms with van der Waals surface area (Å²) in [4.78, 5) is 23.9. The van der Waals surface area contributed by atoms with Gasteiger partial charge < -0.3 is 5.32 Å². The summed E-state index contributed by atoms with van der Waals surface area (Å²) >= 11 is 1.56. The first-order valence-electron chi connectivity index (χ1n) is 8.55. The fourth-order valence-electron chi connectivity index (χ4n) is 3.38. The van der Waals surface area contributed by atoms with Crippen LogP contribution in [0.25, 0.3) is 22.6 Å². The van der Waals surface area contributed by atoms with Gasteiger partial charge in [0, 0.05) is 17.1 Å². The lowest BCUT2D eigenvalue weighted by Gasteiger charge is -2.15. The number of H-pyrrole nitrogens is 2. The molecule has 0 unspecified atom stereocenters. The van der Waals surface area contributed by atoms with Crippen LogP contribution in [0, 0.1) is 0 Å². The van der Waals surface area contributed by atoms with Gasteiger partial charge in [0.05, 0.1) is 10.9 Å². The molecule has 0 radical (unpaired) electrons. The molecule has 0 spiro atoms. The third kappa shape index (κ3) is 2.50. The quantitative estimate of drug-likeness (QED) is 0.581. The molecule has 1 aliphatic rings. The molecule has 0 atom stereocenters. The summed E-state index contributed by atoms with van der Waals surface area (Å²) in [6.07, 6.45) is 1.80. The van der Waals surface area contributed by atoms with Crippen molar-refractivity contribution in [3.8, 4) is 11.5 Å². The summed E-state index contributed by atoms with van der Waals surface area (Å²) < 4.78 is 0. The van der Waals surface area contributed by atoms with Crippen molar-refractivity contribution in [3.63, 3.8) is 0 Å². The first-order chi connectivity index (χ1) is 12.7. The highest BCUT2D eigenvalue weighted by molar-refractivity contribution is 7.07. The van der Waals surface area contributed by atoms with E-state index in [4.69, 9.17) is 0 Å². The second-order valence-electron chi connectivity index (χ2n) is 6.66. The van der Waals surface area contributed by atoms with Crippen LogP contribution in [-0.4, -0.2) is 15.9 Å². The minimum atomic E-state index is -0.371. The summed E-state index contributed by atoms with van der Waals surface area (Å²) in [6, 6.07) is 15.9. The summed E-state index contributed by atoms with van der Waals surface area (Å²) in [6.45, 7) is 0. The predicted octanol–water partition coefficient (Wildman–Crippen LogP) is 3.78. The highest BCUT2D eigenvalue weighted by atomic mass is 32.1. The average molecular weight is 361 g/mol. The zero-order valence-corrected chi connectivity index (χ0v) is 14.8. The third-order valence-electron chi connectivity index (χ3n) is 5.00. The van der Waals surface area contributed by atoms with Crippen molar-refractivity contribution in [1.29, 1.82) is 0 Å². The van der Waals surface area contributed by atoms with E-state index in [9.17, 15) is 4.79 Å². The number of benzene rings is 2. The summed E-state index contributed by atoms with van der Waals surface area (Å²) in [5.74, 6) is 0.936. The number of carbonyl (C=O) groups excluding carboxylic acids is 1. The number of aromatic amines is 2. The maximum Gasteiger partial charge on any atom is 0.305 e. The van der Waals surface area contributed by atoms with E-state index < -0.39 is 0 Å². The van der Waals surface area contributed by atoms with Crippen LogP contribution < -0.4 is 10.3 Å². The number of hydrogen-bond acceptors (Lipinski definition) is 3. The molecular formula is C20H17N4OS+. The number of nitrogens with zero attached hydrogens (tertiary/aromatic N) is 1. The molecule has 0 aliphatic heterocycles. The number of hydrogen-bond donors (Lipinski definition) is 2. The Labute approximate surface area is 154 Å². The summed E-state index contributed by atoms with van der Waals surface area (Å²) in [5.41, 5.74) is 6.13. The number of imidazole rings is 1. The number of nitrogens with one attached hydrogen (secondary N) is 3. The van der Waals surface area contributed by atoms with Gasteiger partial charge >= 0.3 is 5.82 Å². The SMILES string of the molecule is O=C(Nc1ccc2[nH+]c(-c3cscn3)[nH]c2c1)C1(c2ccccc2)CC1. The molecule has 4 aromatic rings. The zero-order chi connectivity index (χ0) is 17.6. The minimum Gasteiger partial charge on any atom is -0.325 e. The van der Waals surface area contributed by atoms with Gasteiger partial charge in [-0.25, -0.2) is 15.0 Å². The number of aromatic nitrogens is 3. The number of rotatable bonds is 4. The number of fused-ring (bicyclic) bond motifs is 1. The maximum atomic E-state index is 12.9. The van der Waals surface area contributed by atoms with E-state index in [0.29, 0.717) is 0 Å². The van der Waals surface area contributed by atoms with Crippen LogP contribution >= 0.6 is 11.3 Å². The Morgan fingerprint density at radius 2 is 2.04 bits per heavy atom. The first-order valence-corrected chi connectivity index (χ1v) is 9.49. The van der Waals surface area contributed by atoms with Crippen molar-refractivity contribution in [2.75, 3.05) is 5.32 Å². The van der Waals surface area contributed by atoms with E-state index in [0.717, 1.165) is 46.6 Å². The average Bonchev–Trinajstić information content (AvgIpc) is 3.11. The topological polar surface area (TPSA) is 71.9 Å². The van der Waals surface area contributed by atoms with Crippen LogP contribution in [-0.2, 0) is 10.2 Å². The fraction of sp³-hybridized carbons (Fsp3) is 0.150. The molecule has 1 saturated carbocycles. The van der Waals surface area contributed by atoms with E-state index in [2.05, 4.69) is 20.3 Å². The summed E-state index contributed by atoms with van der Waals surface area (Å²) in [5, 5.41) is 5.08.